The molecule has 1 unspecified atom stereocenters. The number of benzene rings is 1. The van der Waals surface area contributed by atoms with E-state index in [0.717, 1.165) is 11.3 Å². The van der Waals surface area contributed by atoms with Crippen LogP contribution in [0.15, 0.2) is 24.3 Å². The molecule has 0 spiro atoms. The van der Waals surface area contributed by atoms with Gasteiger partial charge in [0.25, 0.3) is 0 Å². The fourth-order valence-electron chi connectivity index (χ4n) is 1.65. The van der Waals surface area contributed by atoms with E-state index in [2.05, 4.69) is 10.1 Å². The summed E-state index contributed by atoms with van der Waals surface area (Å²) in [4.78, 5) is 22.4. The fraction of sp³-hybridized carbons (Fsp3) is 0.273. The van der Waals surface area contributed by atoms with Crippen LogP contribution in [-0.4, -0.2) is 29.3 Å². The number of carbonyl (C=O) groups excluding carboxylic acids is 2. The number of fused-ring (bicyclic) bond motifs is 1. The maximum atomic E-state index is 11.5. The highest BCUT2D eigenvalue weighted by Crippen LogP contribution is 2.25. The highest BCUT2D eigenvalue weighted by molar-refractivity contribution is 6.27. The number of rotatable bonds is 2. The Morgan fingerprint density at radius 3 is 2.76 bits per heavy atom. The van der Waals surface area contributed by atoms with Crippen LogP contribution in [0.25, 0.3) is 0 Å². The van der Waals surface area contributed by atoms with Gasteiger partial charge in [-0.25, -0.2) is 4.79 Å². The first-order chi connectivity index (χ1) is 7.70. The van der Waals surface area contributed by atoms with Gasteiger partial charge in [-0.1, -0.05) is 18.2 Å². The van der Waals surface area contributed by atoms with Gasteiger partial charge in [0, 0.05) is 12.1 Å². The molecule has 92 valence electrons. The van der Waals surface area contributed by atoms with E-state index < -0.39 is 18.0 Å². The Balaban J connectivity index is 0.00000144. The highest BCUT2D eigenvalue weighted by atomic mass is 35.5. The van der Waals surface area contributed by atoms with Gasteiger partial charge in [-0.15, -0.1) is 11.6 Å². The SMILES string of the molecule is O.O=C(CCl)OC(=O)C1Cc2ccccc2N1. The zero-order valence-electron chi connectivity index (χ0n) is 8.90. The zero-order chi connectivity index (χ0) is 11.5. The molecule has 3 N–H and O–H groups in total. The quantitative estimate of drug-likeness (QED) is 0.475. The molecule has 17 heavy (non-hydrogen) atoms. The first-order valence-corrected chi connectivity index (χ1v) is 5.39. The van der Waals surface area contributed by atoms with Crippen LogP contribution in [0, 0.1) is 0 Å². The van der Waals surface area contributed by atoms with Crippen molar-refractivity contribution in [1.82, 2.24) is 0 Å². The van der Waals surface area contributed by atoms with Crippen LogP contribution >= 0.6 is 11.6 Å². The summed E-state index contributed by atoms with van der Waals surface area (Å²) in [6.07, 6.45) is 0.532. The zero-order valence-corrected chi connectivity index (χ0v) is 9.66. The average molecular weight is 258 g/mol. The number of hydrogen-bond acceptors (Lipinski definition) is 4. The van der Waals surface area contributed by atoms with Crippen molar-refractivity contribution in [2.45, 2.75) is 12.5 Å². The standard InChI is InChI=1S/C11H10ClNO3.H2O/c12-6-10(14)16-11(15)9-5-7-3-1-2-4-8(7)13-9;/h1-4,9,13H,5-6H2;1H2. The lowest BCUT2D eigenvalue weighted by atomic mass is 10.1. The lowest BCUT2D eigenvalue weighted by Gasteiger charge is -2.08. The molecule has 0 radical (unpaired) electrons. The Hall–Kier alpha value is -1.59. The van der Waals surface area contributed by atoms with E-state index in [-0.39, 0.29) is 11.4 Å². The van der Waals surface area contributed by atoms with Crippen LogP contribution in [0.3, 0.4) is 0 Å². The van der Waals surface area contributed by atoms with Gasteiger partial charge >= 0.3 is 11.9 Å². The summed E-state index contributed by atoms with van der Waals surface area (Å²) in [7, 11) is 0. The lowest BCUT2D eigenvalue weighted by Crippen LogP contribution is -2.31. The number of para-hydroxylation sites is 1. The molecule has 0 saturated carbocycles. The third-order valence-corrected chi connectivity index (χ3v) is 2.60. The van der Waals surface area contributed by atoms with Crippen LogP contribution in [0.1, 0.15) is 5.56 Å². The van der Waals surface area contributed by atoms with E-state index in [4.69, 9.17) is 11.6 Å². The maximum absolute atomic E-state index is 11.5. The first-order valence-electron chi connectivity index (χ1n) is 4.85. The summed E-state index contributed by atoms with van der Waals surface area (Å²) in [5.41, 5.74) is 1.95. The molecule has 0 aliphatic carbocycles. The molecule has 6 heteroatoms. The molecule has 1 aliphatic rings. The molecule has 1 aromatic carbocycles. The molecular weight excluding hydrogens is 246 g/mol. The predicted octanol–water partition coefficient (Wildman–Crippen LogP) is 0.507. The minimum Gasteiger partial charge on any atom is -0.412 e. The molecule has 1 atom stereocenters. The van der Waals surface area contributed by atoms with Gasteiger partial charge < -0.3 is 15.5 Å². The van der Waals surface area contributed by atoms with Gasteiger partial charge in [-0.2, -0.15) is 0 Å². The summed E-state index contributed by atoms with van der Waals surface area (Å²) in [5, 5.41) is 2.99. The van der Waals surface area contributed by atoms with E-state index in [9.17, 15) is 9.59 Å². The molecule has 0 bridgehead atoms. The summed E-state index contributed by atoms with van der Waals surface area (Å²) in [6.45, 7) is 0. The summed E-state index contributed by atoms with van der Waals surface area (Å²) >= 11 is 5.24. The Bertz CT molecular complexity index is 410. The molecule has 0 amide bonds. The summed E-state index contributed by atoms with van der Waals surface area (Å²) < 4.78 is 4.54. The number of halogens is 1. The molecule has 0 saturated heterocycles. The molecule has 1 aromatic rings. The van der Waals surface area contributed by atoms with Crippen molar-refractivity contribution in [2.75, 3.05) is 11.2 Å². The van der Waals surface area contributed by atoms with Crippen molar-refractivity contribution >= 4 is 29.2 Å². The van der Waals surface area contributed by atoms with Crippen molar-refractivity contribution in [3.63, 3.8) is 0 Å². The van der Waals surface area contributed by atoms with Crippen LogP contribution in [0.4, 0.5) is 5.69 Å². The Kier molecular flexibility index (Phi) is 4.48. The van der Waals surface area contributed by atoms with Crippen LogP contribution in [-0.2, 0) is 20.7 Å². The van der Waals surface area contributed by atoms with Crippen LogP contribution < -0.4 is 5.32 Å². The molecule has 5 nitrogen and oxygen atoms in total. The van der Waals surface area contributed by atoms with Gasteiger partial charge in [0.05, 0.1) is 0 Å². The predicted molar refractivity (Wildman–Crippen MR) is 63.0 cm³/mol. The first kappa shape index (κ1) is 13.5. The number of anilines is 1. The van der Waals surface area contributed by atoms with Crippen molar-refractivity contribution < 1.29 is 19.8 Å². The monoisotopic (exact) mass is 257 g/mol. The topological polar surface area (TPSA) is 86.9 Å². The second-order valence-corrected chi connectivity index (χ2v) is 3.75. The Labute approximate surface area is 103 Å². The number of esters is 2. The largest absolute Gasteiger partial charge is 0.412 e. The Morgan fingerprint density at radius 1 is 1.41 bits per heavy atom. The third kappa shape index (κ3) is 2.95. The number of ether oxygens (including phenoxy) is 1. The molecule has 2 rings (SSSR count). The lowest BCUT2D eigenvalue weighted by molar-refractivity contribution is -0.158. The Morgan fingerprint density at radius 2 is 2.12 bits per heavy atom. The molecule has 0 fully saturated rings. The van der Waals surface area contributed by atoms with Crippen LogP contribution in [0.2, 0.25) is 0 Å². The maximum Gasteiger partial charge on any atom is 0.336 e. The number of nitrogens with one attached hydrogen (secondary N) is 1. The van der Waals surface area contributed by atoms with Crippen molar-refractivity contribution in [3.8, 4) is 0 Å². The van der Waals surface area contributed by atoms with E-state index in [1.165, 1.54) is 0 Å². The molecule has 0 aromatic heterocycles. The van der Waals surface area contributed by atoms with Crippen LogP contribution in [0.5, 0.6) is 0 Å². The fourth-order valence-corrected chi connectivity index (χ4v) is 1.71. The molecule has 1 heterocycles. The second kappa shape index (κ2) is 5.65. The van der Waals surface area contributed by atoms with E-state index in [1.807, 2.05) is 24.3 Å². The minimum atomic E-state index is -0.718. The second-order valence-electron chi connectivity index (χ2n) is 3.48. The van der Waals surface area contributed by atoms with Crippen molar-refractivity contribution in [1.29, 1.82) is 0 Å². The van der Waals surface area contributed by atoms with Gasteiger partial charge in [-0.3, -0.25) is 4.79 Å². The molecule has 1 aliphatic heterocycles. The summed E-state index contributed by atoms with van der Waals surface area (Å²) in [5.74, 6) is -1.61. The molecular formula is C11H12ClNO4. The van der Waals surface area contributed by atoms with Crippen molar-refractivity contribution in [2.24, 2.45) is 0 Å². The average Bonchev–Trinajstić information content (AvgIpc) is 2.72. The highest BCUT2D eigenvalue weighted by Gasteiger charge is 2.28. The van der Waals surface area contributed by atoms with E-state index in [0.29, 0.717) is 6.42 Å². The van der Waals surface area contributed by atoms with E-state index >= 15 is 0 Å². The number of carbonyl (C=O) groups is 2. The van der Waals surface area contributed by atoms with Gasteiger partial charge in [-0.05, 0) is 11.6 Å². The van der Waals surface area contributed by atoms with E-state index in [1.54, 1.807) is 0 Å². The number of hydrogen-bond donors (Lipinski definition) is 1. The summed E-state index contributed by atoms with van der Waals surface area (Å²) in [6, 6.07) is 7.09. The third-order valence-electron chi connectivity index (χ3n) is 2.38. The van der Waals surface area contributed by atoms with Crippen molar-refractivity contribution in [3.05, 3.63) is 29.8 Å². The smallest absolute Gasteiger partial charge is 0.336 e. The minimum absolute atomic E-state index is 0. The van der Waals surface area contributed by atoms with Gasteiger partial charge in [0.2, 0.25) is 0 Å². The number of alkyl halides is 1. The normalized spacial score (nSPS) is 16.4. The van der Waals surface area contributed by atoms with Gasteiger partial charge in [0.15, 0.2) is 0 Å². The van der Waals surface area contributed by atoms with Gasteiger partial charge in [0.1, 0.15) is 11.9 Å².